The SMILES string of the molecule is O=C(CN1CSC(S)N(c2ccccc2)C1)NNc1ccc(F)cc1. The number of nitrogens with one attached hydrogen (secondary N) is 2. The summed E-state index contributed by atoms with van der Waals surface area (Å²) in [6.45, 7) is 0.875. The van der Waals surface area contributed by atoms with Gasteiger partial charge in [-0.05, 0) is 36.4 Å². The molecule has 1 heterocycles. The fourth-order valence-corrected chi connectivity index (χ4v) is 3.72. The summed E-state index contributed by atoms with van der Waals surface area (Å²) in [6, 6.07) is 15.8. The predicted molar refractivity (Wildman–Crippen MR) is 104 cm³/mol. The summed E-state index contributed by atoms with van der Waals surface area (Å²) in [5.74, 6) is 0.252. The Kier molecular flexibility index (Phi) is 6.06. The molecule has 2 N–H and O–H groups in total. The lowest BCUT2D eigenvalue weighted by Gasteiger charge is -2.40. The van der Waals surface area contributed by atoms with Gasteiger partial charge in [0.2, 0.25) is 0 Å². The number of halogens is 1. The fourth-order valence-electron chi connectivity index (χ4n) is 2.43. The molecular weight excluding hydrogens is 359 g/mol. The fraction of sp³-hybridized carbons (Fsp3) is 0.235. The highest BCUT2D eigenvalue weighted by Crippen LogP contribution is 2.30. The Bertz CT molecular complexity index is 702. The third kappa shape index (κ3) is 5.04. The van der Waals surface area contributed by atoms with Crippen LogP contribution in [-0.4, -0.2) is 34.6 Å². The van der Waals surface area contributed by atoms with Crippen molar-refractivity contribution in [1.82, 2.24) is 10.3 Å². The van der Waals surface area contributed by atoms with E-state index in [-0.39, 0.29) is 23.0 Å². The number of carbonyl (C=O) groups excluding carboxylic acids is 1. The van der Waals surface area contributed by atoms with Gasteiger partial charge in [-0.2, -0.15) is 0 Å². The molecule has 5 nitrogen and oxygen atoms in total. The van der Waals surface area contributed by atoms with Crippen LogP contribution < -0.4 is 15.8 Å². The van der Waals surface area contributed by atoms with Gasteiger partial charge in [0.05, 0.1) is 18.9 Å². The van der Waals surface area contributed by atoms with Crippen LogP contribution in [0.5, 0.6) is 0 Å². The van der Waals surface area contributed by atoms with Crippen LogP contribution in [0, 0.1) is 5.82 Å². The van der Waals surface area contributed by atoms with Crippen molar-refractivity contribution in [3.8, 4) is 0 Å². The minimum Gasteiger partial charge on any atom is -0.338 e. The van der Waals surface area contributed by atoms with Crippen LogP contribution in [0.15, 0.2) is 54.6 Å². The summed E-state index contributed by atoms with van der Waals surface area (Å²) < 4.78 is 12.9. The third-order valence-corrected chi connectivity index (χ3v) is 5.46. The highest BCUT2D eigenvalue weighted by atomic mass is 32.2. The van der Waals surface area contributed by atoms with Gasteiger partial charge in [-0.3, -0.25) is 20.5 Å². The summed E-state index contributed by atoms with van der Waals surface area (Å²) in [7, 11) is 0. The first-order chi connectivity index (χ1) is 12.1. The second-order valence-electron chi connectivity index (χ2n) is 5.58. The number of hydrazine groups is 1. The van der Waals surface area contributed by atoms with E-state index in [2.05, 4.69) is 28.4 Å². The average Bonchev–Trinajstić information content (AvgIpc) is 2.63. The lowest BCUT2D eigenvalue weighted by atomic mass is 10.3. The van der Waals surface area contributed by atoms with Crippen LogP contribution in [0.25, 0.3) is 0 Å². The topological polar surface area (TPSA) is 47.6 Å². The Morgan fingerprint density at radius 2 is 1.92 bits per heavy atom. The number of nitrogens with zero attached hydrogens (tertiary/aromatic N) is 2. The number of hydrogen-bond acceptors (Lipinski definition) is 6. The number of benzene rings is 2. The number of anilines is 2. The highest BCUT2D eigenvalue weighted by Gasteiger charge is 2.26. The molecule has 25 heavy (non-hydrogen) atoms. The van der Waals surface area contributed by atoms with E-state index in [0.29, 0.717) is 12.4 Å². The predicted octanol–water partition coefficient (Wildman–Crippen LogP) is 2.95. The molecule has 2 aromatic carbocycles. The minimum absolute atomic E-state index is 0.0547. The molecule has 0 radical (unpaired) electrons. The quantitative estimate of drug-likeness (QED) is 0.552. The number of hydrogen-bond donors (Lipinski definition) is 3. The maximum Gasteiger partial charge on any atom is 0.252 e. The van der Waals surface area contributed by atoms with Crippen molar-refractivity contribution in [2.24, 2.45) is 0 Å². The van der Waals surface area contributed by atoms with E-state index in [9.17, 15) is 9.18 Å². The number of thiol groups is 1. The van der Waals surface area contributed by atoms with E-state index in [1.54, 1.807) is 23.9 Å². The van der Waals surface area contributed by atoms with E-state index < -0.39 is 0 Å². The Morgan fingerprint density at radius 1 is 1.20 bits per heavy atom. The monoisotopic (exact) mass is 378 g/mol. The Labute approximate surface area is 156 Å². The lowest BCUT2D eigenvalue weighted by Crippen LogP contribution is -2.49. The number of rotatable bonds is 5. The molecule has 132 valence electrons. The first kappa shape index (κ1) is 17.9. The molecule has 1 aliphatic rings. The van der Waals surface area contributed by atoms with Crippen LogP contribution in [0.2, 0.25) is 0 Å². The average molecular weight is 378 g/mol. The Morgan fingerprint density at radius 3 is 2.64 bits per heavy atom. The van der Waals surface area contributed by atoms with E-state index >= 15 is 0 Å². The molecule has 1 fully saturated rings. The second-order valence-corrected chi connectivity index (χ2v) is 7.45. The van der Waals surface area contributed by atoms with Crippen molar-refractivity contribution >= 4 is 41.7 Å². The molecule has 1 atom stereocenters. The standard InChI is InChI=1S/C17H19FN4OS2/c18-13-6-8-14(9-7-13)19-20-16(23)10-21-11-22(17(24)25-12-21)15-4-2-1-3-5-15/h1-9,17,19,24H,10-12H2,(H,20,23). The normalized spacial score (nSPS) is 18.0. The van der Waals surface area contributed by atoms with Crippen molar-refractivity contribution in [3.05, 3.63) is 60.4 Å². The number of thioether (sulfide) groups is 1. The van der Waals surface area contributed by atoms with Gasteiger partial charge in [0.1, 0.15) is 10.5 Å². The zero-order chi connectivity index (χ0) is 17.6. The summed E-state index contributed by atoms with van der Waals surface area (Å²) in [5.41, 5.74) is 7.12. The van der Waals surface area contributed by atoms with E-state index in [0.717, 1.165) is 11.6 Å². The van der Waals surface area contributed by atoms with Gasteiger partial charge < -0.3 is 4.90 Å². The molecule has 8 heteroatoms. The summed E-state index contributed by atoms with van der Waals surface area (Å²) in [4.78, 5) is 16.3. The second kappa shape index (κ2) is 8.46. The van der Waals surface area contributed by atoms with Crippen LogP contribution in [-0.2, 0) is 4.79 Å². The van der Waals surface area contributed by atoms with Gasteiger partial charge in [0, 0.05) is 11.6 Å². The molecule has 1 unspecified atom stereocenters. The molecule has 1 amide bonds. The van der Waals surface area contributed by atoms with Crippen LogP contribution in [0.4, 0.5) is 15.8 Å². The van der Waals surface area contributed by atoms with Crippen LogP contribution in [0.1, 0.15) is 0 Å². The molecule has 1 saturated heterocycles. The van der Waals surface area contributed by atoms with Crippen molar-refractivity contribution in [3.63, 3.8) is 0 Å². The molecule has 0 aromatic heterocycles. The molecular formula is C17H19FN4OS2. The molecule has 0 aliphatic carbocycles. The smallest absolute Gasteiger partial charge is 0.252 e. The largest absolute Gasteiger partial charge is 0.338 e. The Hall–Kier alpha value is -1.90. The van der Waals surface area contributed by atoms with Crippen molar-refractivity contribution in [2.45, 2.75) is 4.71 Å². The number of para-hydroxylation sites is 1. The molecule has 1 aliphatic heterocycles. The van der Waals surface area contributed by atoms with Crippen LogP contribution in [0.3, 0.4) is 0 Å². The first-order valence-corrected chi connectivity index (χ1v) is 9.32. The van der Waals surface area contributed by atoms with Gasteiger partial charge in [-0.1, -0.05) is 18.2 Å². The zero-order valence-corrected chi connectivity index (χ0v) is 15.1. The number of carbonyl (C=O) groups is 1. The maximum atomic E-state index is 12.9. The van der Waals surface area contributed by atoms with E-state index in [4.69, 9.17) is 0 Å². The third-order valence-electron chi connectivity index (χ3n) is 3.67. The van der Waals surface area contributed by atoms with E-state index in [1.807, 2.05) is 35.2 Å². The molecule has 3 rings (SSSR count). The molecule has 0 spiro atoms. The number of amides is 1. The zero-order valence-electron chi connectivity index (χ0n) is 13.4. The van der Waals surface area contributed by atoms with Gasteiger partial charge in [0.15, 0.2) is 0 Å². The Balaban J connectivity index is 1.52. The van der Waals surface area contributed by atoms with E-state index in [1.165, 1.54) is 12.1 Å². The van der Waals surface area contributed by atoms with Gasteiger partial charge in [0.25, 0.3) is 5.91 Å². The van der Waals surface area contributed by atoms with Gasteiger partial charge in [-0.15, -0.1) is 24.4 Å². The summed E-state index contributed by atoms with van der Waals surface area (Å²) in [5, 5.41) is 0. The van der Waals surface area contributed by atoms with Crippen LogP contribution >= 0.6 is 24.4 Å². The summed E-state index contributed by atoms with van der Waals surface area (Å²) >= 11 is 6.28. The molecule has 0 saturated carbocycles. The summed E-state index contributed by atoms with van der Waals surface area (Å²) in [6.07, 6.45) is 0. The van der Waals surface area contributed by atoms with Crippen molar-refractivity contribution in [2.75, 3.05) is 29.4 Å². The highest BCUT2D eigenvalue weighted by molar-refractivity contribution is 8.10. The minimum atomic E-state index is -0.315. The molecule has 0 bridgehead atoms. The van der Waals surface area contributed by atoms with Gasteiger partial charge in [-0.25, -0.2) is 4.39 Å². The molecule has 2 aromatic rings. The maximum absolute atomic E-state index is 12.9. The van der Waals surface area contributed by atoms with Crippen molar-refractivity contribution < 1.29 is 9.18 Å². The lowest BCUT2D eigenvalue weighted by molar-refractivity contribution is -0.121. The van der Waals surface area contributed by atoms with Gasteiger partial charge >= 0.3 is 0 Å². The van der Waals surface area contributed by atoms with Crippen molar-refractivity contribution in [1.29, 1.82) is 0 Å². The first-order valence-electron chi connectivity index (χ1n) is 7.76.